The molecule has 0 heterocycles. The fraction of sp³-hybridized carbons (Fsp3) is 0.517. The maximum atomic E-state index is 5.78. The van der Waals surface area contributed by atoms with Crippen molar-refractivity contribution in [3.8, 4) is 11.1 Å². The summed E-state index contributed by atoms with van der Waals surface area (Å²) in [6.45, 7) is 7.66. The number of ether oxygens (including phenoxy) is 1. The van der Waals surface area contributed by atoms with Crippen LogP contribution in [0.1, 0.15) is 88.2 Å². The molecular weight excluding hydrogens is 364 g/mol. The van der Waals surface area contributed by atoms with Gasteiger partial charge in [0.1, 0.15) is 0 Å². The standard InChI is InChI=1S/C29H40O/c1-3-5-7-9-24-10-14-26(15-11-24)28-18-20-29(21-19-28)27-16-12-25(13-17-27)23-30-22-8-6-4-2/h3,12-13,16-21,24,26H,1,4-11,14-15,22-23H2,2H3/t24-,26-. The van der Waals surface area contributed by atoms with Crippen molar-refractivity contribution in [3.05, 3.63) is 72.3 Å². The SMILES string of the molecule is C=CCCC[C@H]1CC[C@H](c2ccc(-c3ccc(COCCCCC)cc3)cc2)CC1. The Balaban J connectivity index is 1.47. The first-order valence-corrected chi connectivity index (χ1v) is 12.2. The molecule has 1 saturated carbocycles. The quantitative estimate of drug-likeness (QED) is 0.254. The normalized spacial score (nSPS) is 19.0. The third kappa shape index (κ3) is 7.13. The molecule has 0 radical (unpaired) electrons. The van der Waals surface area contributed by atoms with Crippen LogP contribution in [0.15, 0.2) is 61.2 Å². The molecule has 2 aromatic carbocycles. The molecule has 30 heavy (non-hydrogen) atoms. The van der Waals surface area contributed by atoms with E-state index in [1.54, 1.807) is 0 Å². The van der Waals surface area contributed by atoms with Crippen LogP contribution in [-0.4, -0.2) is 6.61 Å². The first-order valence-electron chi connectivity index (χ1n) is 12.2. The number of rotatable bonds is 12. The molecule has 0 atom stereocenters. The van der Waals surface area contributed by atoms with Crippen molar-refractivity contribution >= 4 is 0 Å². The van der Waals surface area contributed by atoms with Crippen LogP contribution in [0.3, 0.4) is 0 Å². The molecule has 1 aliphatic rings. The lowest BCUT2D eigenvalue weighted by molar-refractivity contribution is 0.117. The van der Waals surface area contributed by atoms with E-state index < -0.39 is 0 Å². The summed E-state index contributed by atoms with van der Waals surface area (Å²) in [7, 11) is 0. The van der Waals surface area contributed by atoms with E-state index in [2.05, 4.69) is 68.1 Å². The minimum atomic E-state index is 0.721. The van der Waals surface area contributed by atoms with E-state index >= 15 is 0 Å². The number of unbranched alkanes of at least 4 members (excludes halogenated alkanes) is 3. The van der Waals surface area contributed by atoms with E-state index in [0.717, 1.165) is 31.5 Å². The third-order valence-corrected chi connectivity index (χ3v) is 6.70. The van der Waals surface area contributed by atoms with Crippen molar-refractivity contribution in [1.82, 2.24) is 0 Å². The van der Waals surface area contributed by atoms with Crippen molar-refractivity contribution in [2.75, 3.05) is 6.61 Å². The summed E-state index contributed by atoms with van der Waals surface area (Å²) in [5.41, 5.74) is 5.39. The number of allylic oxidation sites excluding steroid dienone is 1. The second-order valence-corrected chi connectivity index (χ2v) is 9.02. The zero-order chi connectivity index (χ0) is 21.0. The number of hydrogen-bond donors (Lipinski definition) is 0. The molecule has 1 heteroatoms. The minimum Gasteiger partial charge on any atom is -0.377 e. The van der Waals surface area contributed by atoms with Gasteiger partial charge in [0.15, 0.2) is 0 Å². The Kier molecular flexibility index (Phi) is 9.70. The molecule has 0 N–H and O–H groups in total. The lowest BCUT2D eigenvalue weighted by atomic mass is 9.77. The van der Waals surface area contributed by atoms with Gasteiger partial charge in [-0.15, -0.1) is 6.58 Å². The minimum absolute atomic E-state index is 0.721. The zero-order valence-corrected chi connectivity index (χ0v) is 19.0. The molecule has 0 bridgehead atoms. The predicted octanol–water partition coefficient (Wildman–Crippen LogP) is 8.69. The molecule has 0 saturated heterocycles. The maximum Gasteiger partial charge on any atom is 0.0716 e. The van der Waals surface area contributed by atoms with Gasteiger partial charge in [-0.25, -0.2) is 0 Å². The molecular formula is C29H40O. The zero-order valence-electron chi connectivity index (χ0n) is 19.0. The molecule has 0 unspecified atom stereocenters. The van der Waals surface area contributed by atoms with E-state index in [4.69, 9.17) is 4.74 Å². The number of hydrogen-bond acceptors (Lipinski definition) is 1. The first kappa shape index (κ1) is 22.8. The summed E-state index contributed by atoms with van der Waals surface area (Å²) in [6.07, 6.45) is 15.1. The molecule has 1 nitrogen and oxygen atoms in total. The van der Waals surface area contributed by atoms with Crippen LogP contribution < -0.4 is 0 Å². The van der Waals surface area contributed by atoms with E-state index in [-0.39, 0.29) is 0 Å². The van der Waals surface area contributed by atoms with E-state index in [0.29, 0.717) is 0 Å². The Bertz CT molecular complexity index is 720. The molecule has 162 valence electrons. The topological polar surface area (TPSA) is 9.23 Å². The molecule has 3 rings (SSSR count). The molecule has 1 fully saturated rings. The largest absolute Gasteiger partial charge is 0.377 e. The van der Waals surface area contributed by atoms with Gasteiger partial charge in [0.05, 0.1) is 6.61 Å². The average Bonchev–Trinajstić information content (AvgIpc) is 2.80. The van der Waals surface area contributed by atoms with E-state index in [1.165, 1.54) is 80.0 Å². The monoisotopic (exact) mass is 404 g/mol. The smallest absolute Gasteiger partial charge is 0.0716 e. The van der Waals surface area contributed by atoms with Crippen LogP contribution in [0.5, 0.6) is 0 Å². The summed E-state index contributed by atoms with van der Waals surface area (Å²) in [5, 5.41) is 0. The highest BCUT2D eigenvalue weighted by molar-refractivity contribution is 5.64. The molecule has 2 aromatic rings. The molecule has 0 amide bonds. The van der Waals surface area contributed by atoms with Crippen molar-refractivity contribution in [1.29, 1.82) is 0 Å². The van der Waals surface area contributed by atoms with Crippen molar-refractivity contribution in [3.63, 3.8) is 0 Å². The van der Waals surface area contributed by atoms with E-state index in [1.807, 2.05) is 0 Å². The lowest BCUT2D eigenvalue weighted by Gasteiger charge is -2.29. The Morgan fingerprint density at radius 1 is 0.867 bits per heavy atom. The van der Waals surface area contributed by atoms with Crippen LogP contribution in [0.4, 0.5) is 0 Å². The lowest BCUT2D eigenvalue weighted by Crippen LogP contribution is -2.13. The van der Waals surface area contributed by atoms with Crippen molar-refractivity contribution < 1.29 is 4.74 Å². The Hall–Kier alpha value is -1.86. The van der Waals surface area contributed by atoms with Gasteiger partial charge in [0.25, 0.3) is 0 Å². The molecule has 1 aliphatic carbocycles. The highest BCUT2D eigenvalue weighted by Crippen LogP contribution is 2.38. The van der Waals surface area contributed by atoms with Gasteiger partial charge in [-0.05, 0) is 79.0 Å². The van der Waals surface area contributed by atoms with Crippen LogP contribution >= 0.6 is 0 Å². The summed E-state index contributed by atoms with van der Waals surface area (Å²) in [5.74, 6) is 1.69. The van der Waals surface area contributed by atoms with Gasteiger partial charge < -0.3 is 4.74 Å². The van der Waals surface area contributed by atoms with Crippen LogP contribution in [0.25, 0.3) is 11.1 Å². The van der Waals surface area contributed by atoms with Gasteiger partial charge >= 0.3 is 0 Å². The van der Waals surface area contributed by atoms with Gasteiger partial charge in [0.2, 0.25) is 0 Å². The van der Waals surface area contributed by atoms with Gasteiger partial charge in [-0.1, -0.05) is 80.8 Å². The Morgan fingerprint density at radius 3 is 2.17 bits per heavy atom. The summed E-state index contributed by atoms with van der Waals surface area (Å²) in [4.78, 5) is 0. The van der Waals surface area contributed by atoms with Crippen LogP contribution in [-0.2, 0) is 11.3 Å². The summed E-state index contributed by atoms with van der Waals surface area (Å²) in [6, 6.07) is 18.2. The predicted molar refractivity (Wildman–Crippen MR) is 130 cm³/mol. The second kappa shape index (κ2) is 12.7. The third-order valence-electron chi connectivity index (χ3n) is 6.70. The maximum absolute atomic E-state index is 5.78. The van der Waals surface area contributed by atoms with Gasteiger partial charge in [0, 0.05) is 6.61 Å². The second-order valence-electron chi connectivity index (χ2n) is 9.02. The van der Waals surface area contributed by atoms with Gasteiger partial charge in [-0.3, -0.25) is 0 Å². The highest BCUT2D eigenvalue weighted by Gasteiger charge is 2.21. The molecule has 0 aromatic heterocycles. The van der Waals surface area contributed by atoms with Crippen LogP contribution in [0, 0.1) is 5.92 Å². The van der Waals surface area contributed by atoms with Gasteiger partial charge in [-0.2, -0.15) is 0 Å². The van der Waals surface area contributed by atoms with E-state index in [9.17, 15) is 0 Å². The van der Waals surface area contributed by atoms with Crippen molar-refractivity contribution in [2.24, 2.45) is 5.92 Å². The fourth-order valence-electron chi connectivity index (χ4n) is 4.72. The van der Waals surface area contributed by atoms with Crippen LogP contribution in [0.2, 0.25) is 0 Å². The molecule has 0 spiro atoms. The van der Waals surface area contributed by atoms with Crippen molar-refractivity contribution in [2.45, 2.75) is 83.7 Å². The molecule has 0 aliphatic heterocycles. The first-order chi connectivity index (χ1) is 14.8. The average molecular weight is 405 g/mol. The summed E-state index contributed by atoms with van der Waals surface area (Å²) >= 11 is 0. The Labute approximate surface area is 184 Å². The highest BCUT2D eigenvalue weighted by atomic mass is 16.5. The number of benzene rings is 2. The Morgan fingerprint density at radius 2 is 1.53 bits per heavy atom. The summed E-state index contributed by atoms with van der Waals surface area (Å²) < 4.78 is 5.78. The fourth-order valence-corrected chi connectivity index (χ4v) is 4.72.